The fourth-order valence-electron chi connectivity index (χ4n) is 3.70. The molecule has 2 saturated heterocycles. The number of nitrogen functional groups attached to an aromatic ring is 1. The Balaban J connectivity index is 1.48. The maximum atomic E-state index is 5.95. The molecule has 122 valence electrons. The topological polar surface area (TPSA) is 54.6 Å². The number of likely N-dealkylation sites (tertiary alicyclic amines) is 1. The Morgan fingerprint density at radius 2 is 2.00 bits per heavy atom. The second kappa shape index (κ2) is 7.40. The summed E-state index contributed by atoms with van der Waals surface area (Å²) in [6, 6.07) is 4.73. The summed E-state index contributed by atoms with van der Waals surface area (Å²) in [5.74, 6) is 1.48. The minimum absolute atomic E-state index is 0.673. The summed E-state index contributed by atoms with van der Waals surface area (Å²) < 4.78 is 5.46. The zero-order valence-corrected chi connectivity index (χ0v) is 13.6. The van der Waals surface area contributed by atoms with Crippen molar-refractivity contribution < 1.29 is 4.74 Å². The fourth-order valence-corrected chi connectivity index (χ4v) is 3.70. The van der Waals surface area contributed by atoms with E-state index in [9.17, 15) is 0 Å². The molecule has 1 atom stereocenters. The van der Waals surface area contributed by atoms with E-state index >= 15 is 0 Å². The number of anilines is 1. The molecule has 0 aromatic carbocycles. The number of ether oxygens (including phenoxy) is 1. The molecule has 2 N–H and O–H groups in total. The highest BCUT2D eigenvalue weighted by Gasteiger charge is 2.28. The Morgan fingerprint density at radius 1 is 1.27 bits per heavy atom. The van der Waals surface area contributed by atoms with E-state index in [-0.39, 0.29) is 0 Å². The second-order valence-electron chi connectivity index (χ2n) is 6.55. The van der Waals surface area contributed by atoms with Gasteiger partial charge >= 0.3 is 0 Å². The average molecular weight is 304 g/mol. The predicted molar refractivity (Wildman–Crippen MR) is 88.5 cm³/mol. The smallest absolute Gasteiger partial charge is 0.127 e. The van der Waals surface area contributed by atoms with Crippen LogP contribution in [0.15, 0.2) is 18.3 Å². The van der Waals surface area contributed by atoms with Crippen molar-refractivity contribution in [3.63, 3.8) is 0 Å². The molecule has 2 aliphatic rings. The molecule has 0 spiro atoms. The Hall–Kier alpha value is -1.17. The van der Waals surface area contributed by atoms with Crippen molar-refractivity contribution in [2.24, 2.45) is 5.92 Å². The van der Waals surface area contributed by atoms with Crippen molar-refractivity contribution in [2.45, 2.75) is 32.4 Å². The van der Waals surface area contributed by atoms with Gasteiger partial charge in [-0.15, -0.1) is 0 Å². The molecule has 0 amide bonds. The maximum Gasteiger partial charge on any atom is 0.127 e. The number of piperidine rings is 1. The van der Waals surface area contributed by atoms with Crippen molar-refractivity contribution in [1.29, 1.82) is 0 Å². The molecule has 0 bridgehead atoms. The third-order valence-corrected chi connectivity index (χ3v) is 5.26. The van der Waals surface area contributed by atoms with Crippen LogP contribution in [0.4, 0.5) is 5.82 Å². The lowest BCUT2D eigenvalue weighted by Gasteiger charge is -2.41. The summed E-state index contributed by atoms with van der Waals surface area (Å²) in [7, 11) is 0. The molecule has 22 heavy (non-hydrogen) atoms. The van der Waals surface area contributed by atoms with E-state index in [1.807, 2.05) is 6.07 Å². The standard InChI is InChI=1S/C17H28N4O/c1-14(21-9-11-22-12-10-21)15-4-7-20(8-5-15)13-16-3-2-6-19-17(16)18/h2-3,6,14-15H,4-5,7-13H2,1H3,(H2,18,19)/t14-/m0/s1. The van der Waals surface area contributed by atoms with Crippen LogP contribution < -0.4 is 5.73 Å². The highest BCUT2D eigenvalue weighted by Crippen LogP contribution is 2.26. The van der Waals surface area contributed by atoms with Gasteiger partial charge in [-0.25, -0.2) is 4.98 Å². The van der Waals surface area contributed by atoms with E-state index in [1.54, 1.807) is 6.20 Å². The van der Waals surface area contributed by atoms with E-state index in [2.05, 4.69) is 27.8 Å². The fraction of sp³-hybridized carbons (Fsp3) is 0.706. The second-order valence-corrected chi connectivity index (χ2v) is 6.55. The molecule has 3 heterocycles. The molecule has 5 nitrogen and oxygen atoms in total. The van der Waals surface area contributed by atoms with Gasteiger partial charge in [0, 0.05) is 37.4 Å². The lowest BCUT2D eigenvalue weighted by molar-refractivity contribution is -0.00191. The molecule has 5 heteroatoms. The summed E-state index contributed by atoms with van der Waals surface area (Å²) in [5.41, 5.74) is 7.11. The van der Waals surface area contributed by atoms with E-state index in [0.717, 1.165) is 57.4 Å². The van der Waals surface area contributed by atoms with Gasteiger partial charge in [0.2, 0.25) is 0 Å². The summed E-state index contributed by atoms with van der Waals surface area (Å²) >= 11 is 0. The highest BCUT2D eigenvalue weighted by molar-refractivity contribution is 5.38. The van der Waals surface area contributed by atoms with E-state index < -0.39 is 0 Å². The molecule has 2 aliphatic heterocycles. The third-order valence-electron chi connectivity index (χ3n) is 5.26. The molecule has 1 aromatic rings. The van der Waals surface area contributed by atoms with Gasteiger partial charge in [-0.1, -0.05) is 6.07 Å². The predicted octanol–water partition coefficient (Wildman–Crippen LogP) is 1.60. The Kier molecular flexibility index (Phi) is 5.28. The largest absolute Gasteiger partial charge is 0.383 e. The number of hydrogen-bond donors (Lipinski definition) is 1. The molecule has 0 unspecified atom stereocenters. The van der Waals surface area contributed by atoms with Gasteiger partial charge in [-0.3, -0.25) is 9.80 Å². The Bertz CT molecular complexity index is 467. The first-order chi connectivity index (χ1) is 10.7. The van der Waals surface area contributed by atoms with Gasteiger partial charge in [0.05, 0.1) is 13.2 Å². The van der Waals surface area contributed by atoms with Crippen LogP contribution in [0.1, 0.15) is 25.3 Å². The van der Waals surface area contributed by atoms with Crippen LogP contribution in [-0.4, -0.2) is 60.2 Å². The number of nitrogens with two attached hydrogens (primary N) is 1. The number of pyridine rings is 1. The van der Waals surface area contributed by atoms with Crippen LogP contribution in [0.3, 0.4) is 0 Å². The van der Waals surface area contributed by atoms with Crippen LogP contribution >= 0.6 is 0 Å². The molecule has 1 aromatic heterocycles. The molecular weight excluding hydrogens is 276 g/mol. The Morgan fingerprint density at radius 3 is 2.68 bits per heavy atom. The van der Waals surface area contributed by atoms with E-state index in [4.69, 9.17) is 10.5 Å². The highest BCUT2D eigenvalue weighted by atomic mass is 16.5. The quantitative estimate of drug-likeness (QED) is 0.915. The van der Waals surface area contributed by atoms with Gasteiger partial charge in [0.15, 0.2) is 0 Å². The zero-order chi connectivity index (χ0) is 15.4. The number of hydrogen-bond acceptors (Lipinski definition) is 5. The lowest BCUT2D eigenvalue weighted by atomic mass is 9.89. The molecular formula is C17H28N4O. The number of nitrogens with zero attached hydrogens (tertiary/aromatic N) is 3. The van der Waals surface area contributed by atoms with Crippen LogP contribution in [0.2, 0.25) is 0 Å². The maximum absolute atomic E-state index is 5.95. The summed E-state index contributed by atoms with van der Waals surface area (Å²) in [5, 5.41) is 0. The van der Waals surface area contributed by atoms with Crippen LogP contribution in [0.25, 0.3) is 0 Å². The van der Waals surface area contributed by atoms with E-state index in [1.165, 1.54) is 12.8 Å². The first-order valence-corrected chi connectivity index (χ1v) is 8.47. The lowest BCUT2D eigenvalue weighted by Crippen LogP contribution is -2.48. The SMILES string of the molecule is C[C@@H](C1CCN(Cc2cccnc2N)CC1)N1CCOCC1. The monoisotopic (exact) mass is 304 g/mol. The van der Waals surface area contributed by atoms with Gasteiger partial charge < -0.3 is 10.5 Å². The summed E-state index contributed by atoms with van der Waals surface area (Å²) in [6.45, 7) is 9.61. The molecule has 2 fully saturated rings. The summed E-state index contributed by atoms with van der Waals surface area (Å²) in [6.07, 6.45) is 4.31. The van der Waals surface area contributed by atoms with Crippen LogP contribution in [0, 0.1) is 5.92 Å². The minimum Gasteiger partial charge on any atom is -0.383 e. The number of morpholine rings is 1. The van der Waals surface area contributed by atoms with Crippen molar-refractivity contribution >= 4 is 5.82 Å². The Labute approximate surface area is 133 Å². The van der Waals surface area contributed by atoms with Crippen LogP contribution in [-0.2, 0) is 11.3 Å². The van der Waals surface area contributed by atoms with Crippen molar-refractivity contribution in [2.75, 3.05) is 45.1 Å². The van der Waals surface area contributed by atoms with Gasteiger partial charge in [0.25, 0.3) is 0 Å². The first kappa shape index (κ1) is 15.7. The van der Waals surface area contributed by atoms with E-state index in [0.29, 0.717) is 11.9 Å². The average Bonchev–Trinajstić information content (AvgIpc) is 2.58. The van der Waals surface area contributed by atoms with Crippen molar-refractivity contribution in [3.8, 4) is 0 Å². The normalized spacial score (nSPS) is 23.5. The number of rotatable bonds is 4. The minimum atomic E-state index is 0.673. The molecule has 0 radical (unpaired) electrons. The van der Waals surface area contributed by atoms with Gasteiger partial charge in [-0.2, -0.15) is 0 Å². The molecule has 0 saturated carbocycles. The zero-order valence-electron chi connectivity index (χ0n) is 13.6. The molecule has 3 rings (SSSR count). The third kappa shape index (κ3) is 3.77. The molecule has 0 aliphatic carbocycles. The van der Waals surface area contributed by atoms with Gasteiger partial charge in [-0.05, 0) is 44.8 Å². The number of aromatic nitrogens is 1. The summed E-state index contributed by atoms with van der Waals surface area (Å²) in [4.78, 5) is 9.29. The van der Waals surface area contributed by atoms with Gasteiger partial charge in [0.1, 0.15) is 5.82 Å². The van der Waals surface area contributed by atoms with Crippen molar-refractivity contribution in [3.05, 3.63) is 23.9 Å². The first-order valence-electron chi connectivity index (χ1n) is 8.47. The van der Waals surface area contributed by atoms with Crippen molar-refractivity contribution in [1.82, 2.24) is 14.8 Å². The van der Waals surface area contributed by atoms with Crippen LogP contribution in [0.5, 0.6) is 0 Å².